The van der Waals surface area contributed by atoms with E-state index < -0.39 is 5.60 Å². The maximum absolute atomic E-state index is 12.5. The molecule has 1 aliphatic heterocycles. The van der Waals surface area contributed by atoms with Gasteiger partial charge in [0.2, 0.25) is 0 Å². The maximum atomic E-state index is 12.5. The van der Waals surface area contributed by atoms with Crippen LogP contribution < -0.4 is 0 Å². The second-order valence-electron chi connectivity index (χ2n) is 12.0. The molecule has 2 heterocycles. The van der Waals surface area contributed by atoms with E-state index in [1.54, 1.807) is 4.90 Å². The minimum atomic E-state index is -0.496. The van der Waals surface area contributed by atoms with Gasteiger partial charge in [0.1, 0.15) is 5.60 Å². The van der Waals surface area contributed by atoms with Gasteiger partial charge in [-0.2, -0.15) is 0 Å². The Kier molecular flexibility index (Phi) is 5.47. The lowest BCUT2D eigenvalue weighted by Gasteiger charge is -2.40. The molecule has 182 valence electrons. The third-order valence-corrected chi connectivity index (χ3v) is 7.46. The smallest absolute Gasteiger partial charge is 0.410 e. The van der Waals surface area contributed by atoms with E-state index in [0.717, 1.165) is 29.3 Å². The second kappa shape index (κ2) is 8.16. The molecule has 0 unspecified atom stereocenters. The number of fused-ring (bicyclic) bond motifs is 2. The number of benzene rings is 2. The zero-order chi connectivity index (χ0) is 25.1. The van der Waals surface area contributed by atoms with Gasteiger partial charge >= 0.3 is 6.09 Å². The molecule has 1 saturated heterocycles. The summed E-state index contributed by atoms with van der Waals surface area (Å²) in [7, 11) is 0. The Morgan fingerprint density at radius 3 is 2.60 bits per heavy atom. The standard InChI is InChI=1S/C30H35N3O2/c1-19-13-27-24(14-26(19)31-7)25(23-10-8-9-20-15-30(5,6)12-11-22(20)23)18-33(27)21-16-32(17-21)28(34)35-29(2,3)4/h8-10,13-14,18,21H,11-12,15-17H2,1-6H3. The van der Waals surface area contributed by atoms with Crippen LogP contribution in [0.1, 0.15) is 63.8 Å². The monoisotopic (exact) mass is 469 g/mol. The highest BCUT2D eigenvalue weighted by atomic mass is 16.6. The van der Waals surface area contributed by atoms with E-state index >= 15 is 0 Å². The van der Waals surface area contributed by atoms with Crippen LogP contribution in [0.25, 0.3) is 26.9 Å². The molecule has 1 aliphatic carbocycles. The minimum absolute atomic E-state index is 0.190. The zero-order valence-corrected chi connectivity index (χ0v) is 21.7. The summed E-state index contributed by atoms with van der Waals surface area (Å²) in [6.07, 6.45) is 5.34. The lowest BCUT2D eigenvalue weighted by molar-refractivity contribution is 0.00158. The van der Waals surface area contributed by atoms with Crippen LogP contribution in [0.2, 0.25) is 0 Å². The molecule has 0 N–H and O–H groups in total. The Balaban J connectivity index is 1.56. The molecule has 0 bridgehead atoms. The van der Waals surface area contributed by atoms with Crippen molar-refractivity contribution in [3.8, 4) is 11.1 Å². The number of rotatable bonds is 2. The van der Waals surface area contributed by atoms with Crippen molar-refractivity contribution in [2.24, 2.45) is 5.41 Å². The van der Waals surface area contributed by atoms with Crippen LogP contribution in [0.3, 0.4) is 0 Å². The summed E-state index contributed by atoms with van der Waals surface area (Å²) in [6.45, 7) is 21.3. The Hall–Kier alpha value is -3.26. The SMILES string of the molecule is [C-]#[N+]c1cc2c(-c3cccc4c3CCC(C)(C)C4)cn(C3CN(C(=O)OC(C)(C)C)C3)c2cc1C. The Bertz CT molecular complexity index is 1360. The van der Waals surface area contributed by atoms with E-state index in [4.69, 9.17) is 11.3 Å². The van der Waals surface area contributed by atoms with Gasteiger partial charge < -0.3 is 14.2 Å². The highest BCUT2D eigenvalue weighted by Crippen LogP contribution is 2.43. The molecular formula is C30H35N3O2. The Morgan fingerprint density at radius 2 is 1.91 bits per heavy atom. The molecule has 1 fully saturated rings. The van der Waals surface area contributed by atoms with E-state index in [1.807, 2.05) is 27.7 Å². The van der Waals surface area contributed by atoms with Crippen molar-refractivity contribution in [3.05, 3.63) is 64.6 Å². The lowest BCUT2D eigenvalue weighted by Crippen LogP contribution is -2.52. The van der Waals surface area contributed by atoms with E-state index in [1.165, 1.54) is 28.7 Å². The fraction of sp³-hybridized carbons (Fsp3) is 0.467. The first-order valence-electron chi connectivity index (χ1n) is 12.6. The minimum Gasteiger partial charge on any atom is -0.444 e. The quantitative estimate of drug-likeness (QED) is 0.365. The normalized spacial score (nSPS) is 17.6. The Labute approximate surface area is 208 Å². The maximum Gasteiger partial charge on any atom is 0.410 e. The highest BCUT2D eigenvalue weighted by Gasteiger charge is 2.36. The fourth-order valence-corrected chi connectivity index (χ4v) is 5.55. The van der Waals surface area contributed by atoms with Crippen LogP contribution in [-0.4, -0.2) is 34.3 Å². The molecule has 1 amide bonds. The molecule has 0 atom stereocenters. The van der Waals surface area contributed by atoms with Crippen molar-refractivity contribution in [1.29, 1.82) is 0 Å². The van der Waals surface area contributed by atoms with Crippen molar-refractivity contribution >= 4 is 22.7 Å². The average molecular weight is 470 g/mol. The first kappa shape index (κ1) is 23.5. The van der Waals surface area contributed by atoms with E-state index in [2.05, 4.69) is 59.8 Å². The zero-order valence-electron chi connectivity index (χ0n) is 21.7. The molecule has 5 nitrogen and oxygen atoms in total. The third-order valence-electron chi connectivity index (χ3n) is 7.46. The van der Waals surface area contributed by atoms with Crippen molar-refractivity contribution in [2.45, 2.75) is 72.4 Å². The van der Waals surface area contributed by atoms with Crippen LogP contribution in [0.5, 0.6) is 0 Å². The number of amides is 1. The first-order valence-corrected chi connectivity index (χ1v) is 12.6. The summed E-state index contributed by atoms with van der Waals surface area (Å²) in [4.78, 5) is 18.1. The number of carbonyl (C=O) groups is 1. The van der Waals surface area contributed by atoms with Crippen LogP contribution in [0.15, 0.2) is 36.5 Å². The largest absolute Gasteiger partial charge is 0.444 e. The van der Waals surface area contributed by atoms with Crippen molar-refractivity contribution in [1.82, 2.24) is 9.47 Å². The lowest BCUT2D eigenvalue weighted by atomic mass is 9.73. The van der Waals surface area contributed by atoms with Gasteiger partial charge in [0, 0.05) is 30.4 Å². The van der Waals surface area contributed by atoms with Gasteiger partial charge in [-0.3, -0.25) is 0 Å². The van der Waals surface area contributed by atoms with E-state index in [9.17, 15) is 4.79 Å². The number of aryl methyl sites for hydroxylation is 1. The number of likely N-dealkylation sites (tertiary alicyclic amines) is 1. The molecule has 5 rings (SSSR count). The van der Waals surface area contributed by atoms with Gasteiger partial charge in [-0.25, -0.2) is 9.64 Å². The topological polar surface area (TPSA) is 38.8 Å². The number of nitrogens with zero attached hydrogens (tertiary/aromatic N) is 3. The fourth-order valence-electron chi connectivity index (χ4n) is 5.55. The molecule has 1 aromatic heterocycles. The second-order valence-corrected chi connectivity index (χ2v) is 12.0. The summed E-state index contributed by atoms with van der Waals surface area (Å²) in [6, 6.07) is 11.1. The van der Waals surface area contributed by atoms with E-state index in [0.29, 0.717) is 24.2 Å². The van der Waals surface area contributed by atoms with Crippen molar-refractivity contribution < 1.29 is 9.53 Å². The summed E-state index contributed by atoms with van der Waals surface area (Å²) in [5.74, 6) is 0. The van der Waals surface area contributed by atoms with E-state index in [-0.39, 0.29) is 12.1 Å². The van der Waals surface area contributed by atoms with Crippen LogP contribution >= 0.6 is 0 Å². The molecule has 35 heavy (non-hydrogen) atoms. The van der Waals surface area contributed by atoms with Gasteiger partial charge in [-0.1, -0.05) is 32.0 Å². The molecule has 0 saturated carbocycles. The first-order chi connectivity index (χ1) is 16.5. The number of hydrogen-bond donors (Lipinski definition) is 0. The number of hydrogen-bond acceptors (Lipinski definition) is 2. The van der Waals surface area contributed by atoms with Gasteiger partial charge in [0.15, 0.2) is 5.69 Å². The average Bonchev–Trinajstić information content (AvgIpc) is 3.07. The molecule has 3 aromatic rings. The van der Waals surface area contributed by atoms with Gasteiger partial charge in [0.05, 0.1) is 12.6 Å². The van der Waals surface area contributed by atoms with Gasteiger partial charge in [-0.05, 0) is 92.1 Å². The molecule has 0 spiro atoms. The third kappa shape index (κ3) is 4.31. The van der Waals surface area contributed by atoms with Crippen molar-refractivity contribution in [3.63, 3.8) is 0 Å². The van der Waals surface area contributed by atoms with Crippen LogP contribution in [0, 0.1) is 18.9 Å². The number of carbonyl (C=O) groups excluding carboxylic acids is 1. The number of ether oxygens (including phenoxy) is 1. The predicted molar refractivity (Wildman–Crippen MR) is 141 cm³/mol. The molecule has 0 radical (unpaired) electrons. The van der Waals surface area contributed by atoms with Crippen LogP contribution in [-0.2, 0) is 17.6 Å². The number of aromatic nitrogens is 1. The summed E-state index contributed by atoms with van der Waals surface area (Å²) in [5, 5.41) is 1.12. The molecule has 2 aliphatic rings. The van der Waals surface area contributed by atoms with Gasteiger partial charge in [-0.15, -0.1) is 0 Å². The van der Waals surface area contributed by atoms with Crippen LogP contribution in [0.4, 0.5) is 10.5 Å². The van der Waals surface area contributed by atoms with Gasteiger partial charge in [0.25, 0.3) is 0 Å². The molecule has 5 heteroatoms. The highest BCUT2D eigenvalue weighted by molar-refractivity contribution is 5.99. The molecular weight excluding hydrogens is 434 g/mol. The Morgan fingerprint density at radius 1 is 1.17 bits per heavy atom. The van der Waals surface area contributed by atoms with Crippen molar-refractivity contribution in [2.75, 3.05) is 13.1 Å². The summed E-state index contributed by atoms with van der Waals surface area (Å²) >= 11 is 0. The molecule has 2 aromatic carbocycles. The summed E-state index contributed by atoms with van der Waals surface area (Å²) in [5.41, 5.74) is 8.01. The predicted octanol–water partition coefficient (Wildman–Crippen LogP) is 7.47. The summed E-state index contributed by atoms with van der Waals surface area (Å²) < 4.78 is 7.88.